The van der Waals surface area contributed by atoms with Gasteiger partial charge in [-0.3, -0.25) is 0 Å². The van der Waals surface area contributed by atoms with Crippen LogP contribution in [0.1, 0.15) is 47.5 Å². The Morgan fingerprint density at radius 2 is 1.80 bits per heavy atom. The van der Waals surface area contributed by atoms with E-state index in [0.29, 0.717) is 11.8 Å². The van der Waals surface area contributed by atoms with Gasteiger partial charge in [0.2, 0.25) is 0 Å². The van der Waals surface area contributed by atoms with Gasteiger partial charge in [0.05, 0.1) is 24.4 Å². The third kappa shape index (κ3) is 3.23. The van der Waals surface area contributed by atoms with Crippen molar-refractivity contribution < 1.29 is 19.0 Å². The minimum absolute atomic E-state index is 0.00918. The summed E-state index contributed by atoms with van der Waals surface area (Å²) in [5, 5.41) is 0. The number of hydrogen-bond acceptors (Lipinski definition) is 4. The Morgan fingerprint density at radius 3 is 2.40 bits per heavy atom. The third-order valence-corrected chi connectivity index (χ3v) is 4.72. The van der Waals surface area contributed by atoms with Gasteiger partial charge in [-0.05, 0) is 32.1 Å². The zero-order chi connectivity index (χ0) is 14.9. The second-order valence-corrected chi connectivity index (χ2v) is 6.65. The van der Waals surface area contributed by atoms with E-state index >= 15 is 0 Å². The molecule has 116 valence electrons. The van der Waals surface area contributed by atoms with Crippen LogP contribution in [0.3, 0.4) is 0 Å². The van der Waals surface area contributed by atoms with E-state index in [9.17, 15) is 4.79 Å². The lowest BCUT2D eigenvalue weighted by molar-refractivity contribution is -0.287. The zero-order valence-corrected chi connectivity index (χ0v) is 13.2. The highest BCUT2D eigenvalue weighted by atomic mass is 16.7. The number of ether oxygens (including phenoxy) is 3. The second kappa shape index (κ2) is 6.54. The van der Waals surface area contributed by atoms with Crippen LogP contribution in [0.15, 0.2) is 0 Å². The minimum atomic E-state index is -0.116. The molecule has 0 amide bonds. The van der Waals surface area contributed by atoms with Crippen LogP contribution in [0.4, 0.5) is 0 Å². The van der Waals surface area contributed by atoms with Crippen molar-refractivity contribution >= 4 is 6.29 Å². The lowest BCUT2D eigenvalue weighted by Crippen LogP contribution is -2.56. The monoisotopic (exact) mass is 284 g/mol. The van der Waals surface area contributed by atoms with Crippen LogP contribution < -0.4 is 0 Å². The molecule has 2 saturated heterocycles. The molecule has 2 aliphatic heterocycles. The summed E-state index contributed by atoms with van der Waals surface area (Å²) in [6, 6.07) is 0. The number of aldehydes is 1. The lowest BCUT2D eigenvalue weighted by Gasteiger charge is -2.49. The zero-order valence-electron chi connectivity index (χ0n) is 13.2. The van der Waals surface area contributed by atoms with Crippen molar-refractivity contribution in [1.29, 1.82) is 0 Å². The number of carbonyl (C=O) groups is 1. The van der Waals surface area contributed by atoms with Crippen molar-refractivity contribution in [2.24, 2.45) is 17.8 Å². The van der Waals surface area contributed by atoms with Gasteiger partial charge in [0.25, 0.3) is 0 Å². The Morgan fingerprint density at radius 1 is 1.10 bits per heavy atom. The van der Waals surface area contributed by atoms with Gasteiger partial charge in [-0.2, -0.15) is 0 Å². The average molecular weight is 284 g/mol. The van der Waals surface area contributed by atoms with Crippen LogP contribution in [0.25, 0.3) is 0 Å². The molecule has 0 radical (unpaired) electrons. The predicted molar refractivity (Wildman–Crippen MR) is 76.3 cm³/mol. The van der Waals surface area contributed by atoms with E-state index in [1.54, 1.807) is 0 Å². The third-order valence-electron chi connectivity index (χ3n) is 4.72. The molecule has 4 heteroatoms. The second-order valence-electron chi connectivity index (χ2n) is 6.65. The fourth-order valence-corrected chi connectivity index (χ4v) is 3.41. The largest absolute Gasteiger partial charge is 0.371 e. The summed E-state index contributed by atoms with van der Waals surface area (Å²) in [7, 11) is 0. The summed E-state index contributed by atoms with van der Waals surface area (Å²) in [6.45, 7) is 10.4. The van der Waals surface area contributed by atoms with Crippen LogP contribution in [0, 0.1) is 17.8 Å². The van der Waals surface area contributed by atoms with Gasteiger partial charge in [0, 0.05) is 12.3 Å². The minimum Gasteiger partial charge on any atom is -0.371 e. The standard InChI is InChI=1S/C16H28O4/c1-9(2)18-14-7-6-13-16(20-14)12(5)11(4)15(19-13)10(3)8-17/h8-16H,6-7H2,1-5H3/t10-,11-,12+,13-,14-,15-,16+/m0/s1. The summed E-state index contributed by atoms with van der Waals surface area (Å²) >= 11 is 0. The molecule has 2 rings (SSSR count). The molecular weight excluding hydrogens is 256 g/mol. The van der Waals surface area contributed by atoms with Crippen molar-refractivity contribution in [3.05, 3.63) is 0 Å². The van der Waals surface area contributed by atoms with E-state index in [1.165, 1.54) is 0 Å². The van der Waals surface area contributed by atoms with Gasteiger partial charge < -0.3 is 19.0 Å². The SMILES string of the molecule is CC(C)O[C@@H]1CC[C@@H]2O[C@@H]([C@@H](C)C=O)[C@@H](C)[C@@H](C)[C@H]2O1. The maximum Gasteiger partial charge on any atom is 0.158 e. The van der Waals surface area contributed by atoms with Gasteiger partial charge in [-0.25, -0.2) is 0 Å². The molecule has 4 nitrogen and oxygen atoms in total. The molecule has 20 heavy (non-hydrogen) atoms. The van der Waals surface area contributed by atoms with Gasteiger partial charge in [0.15, 0.2) is 6.29 Å². The Kier molecular flexibility index (Phi) is 5.21. The van der Waals surface area contributed by atoms with Gasteiger partial charge in [-0.15, -0.1) is 0 Å². The Labute approximate surface area is 122 Å². The van der Waals surface area contributed by atoms with Crippen molar-refractivity contribution in [2.45, 2.75) is 78.2 Å². The number of rotatable bonds is 4. The first-order valence-corrected chi connectivity index (χ1v) is 7.85. The van der Waals surface area contributed by atoms with Crippen LogP contribution in [0.2, 0.25) is 0 Å². The Hall–Kier alpha value is -0.450. The lowest BCUT2D eigenvalue weighted by atomic mass is 9.76. The molecule has 0 aromatic carbocycles. The first-order valence-electron chi connectivity index (χ1n) is 7.85. The molecule has 0 aromatic heterocycles. The molecule has 0 saturated carbocycles. The normalized spacial score (nSPS) is 43.1. The highest BCUT2D eigenvalue weighted by Gasteiger charge is 2.46. The molecule has 2 fully saturated rings. The van der Waals surface area contributed by atoms with Crippen LogP contribution in [-0.4, -0.2) is 37.0 Å². The van der Waals surface area contributed by atoms with E-state index in [2.05, 4.69) is 13.8 Å². The summed E-state index contributed by atoms with van der Waals surface area (Å²) in [5.74, 6) is 0.631. The van der Waals surface area contributed by atoms with Crippen LogP contribution in [0.5, 0.6) is 0 Å². The molecule has 2 aliphatic rings. The summed E-state index contributed by atoms with van der Waals surface area (Å²) in [6.07, 6.45) is 3.06. The topological polar surface area (TPSA) is 44.8 Å². The summed E-state index contributed by atoms with van der Waals surface area (Å²) in [4.78, 5) is 11.1. The molecule has 0 aromatic rings. The van der Waals surface area contributed by atoms with E-state index in [1.807, 2.05) is 20.8 Å². The van der Waals surface area contributed by atoms with Crippen molar-refractivity contribution in [3.63, 3.8) is 0 Å². The van der Waals surface area contributed by atoms with Gasteiger partial charge >= 0.3 is 0 Å². The highest BCUT2D eigenvalue weighted by Crippen LogP contribution is 2.40. The van der Waals surface area contributed by atoms with Gasteiger partial charge in [0.1, 0.15) is 6.29 Å². The maximum absolute atomic E-state index is 11.1. The molecule has 0 aliphatic carbocycles. The van der Waals surface area contributed by atoms with E-state index in [0.717, 1.165) is 19.1 Å². The molecular formula is C16H28O4. The highest BCUT2D eigenvalue weighted by molar-refractivity contribution is 5.54. The first kappa shape index (κ1) is 15.9. The predicted octanol–water partition coefficient (Wildman–Crippen LogP) is 2.79. The number of hydrogen-bond donors (Lipinski definition) is 0. The molecule has 7 atom stereocenters. The Bertz CT molecular complexity index is 328. The van der Waals surface area contributed by atoms with Crippen molar-refractivity contribution in [1.82, 2.24) is 0 Å². The van der Waals surface area contributed by atoms with Crippen molar-refractivity contribution in [3.8, 4) is 0 Å². The van der Waals surface area contributed by atoms with E-state index in [4.69, 9.17) is 14.2 Å². The number of fused-ring (bicyclic) bond motifs is 1. The van der Waals surface area contributed by atoms with Crippen LogP contribution >= 0.6 is 0 Å². The molecule has 0 N–H and O–H groups in total. The summed E-state index contributed by atoms with van der Waals surface area (Å²) in [5.41, 5.74) is 0. The van der Waals surface area contributed by atoms with Crippen LogP contribution in [-0.2, 0) is 19.0 Å². The van der Waals surface area contributed by atoms with Crippen molar-refractivity contribution in [2.75, 3.05) is 0 Å². The average Bonchev–Trinajstić information content (AvgIpc) is 2.41. The maximum atomic E-state index is 11.1. The fourth-order valence-electron chi connectivity index (χ4n) is 3.41. The molecule has 0 bridgehead atoms. The van der Waals surface area contributed by atoms with E-state index < -0.39 is 0 Å². The Balaban J connectivity index is 2.03. The van der Waals surface area contributed by atoms with Gasteiger partial charge in [-0.1, -0.05) is 20.8 Å². The quantitative estimate of drug-likeness (QED) is 0.745. The molecule has 0 unspecified atom stereocenters. The van der Waals surface area contributed by atoms with E-state index in [-0.39, 0.29) is 36.6 Å². The summed E-state index contributed by atoms with van der Waals surface area (Å²) < 4.78 is 18.1. The molecule has 0 spiro atoms. The number of carbonyl (C=O) groups excluding carboxylic acids is 1. The smallest absolute Gasteiger partial charge is 0.158 e. The molecule has 2 heterocycles. The fraction of sp³-hybridized carbons (Fsp3) is 0.938. The first-order chi connectivity index (χ1) is 9.43.